The number of hydrogen-bond acceptors (Lipinski definition) is 5. The molecule has 0 unspecified atom stereocenters. The number of ketones is 1. The van der Waals surface area contributed by atoms with E-state index in [1.165, 1.54) is 11.3 Å². The summed E-state index contributed by atoms with van der Waals surface area (Å²) in [4.78, 5) is 33.4. The molecule has 1 aliphatic rings. The number of carbonyl (C=O) groups is 2. The first-order chi connectivity index (χ1) is 12.0. The van der Waals surface area contributed by atoms with Gasteiger partial charge in [0.25, 0.3) is 0 Å². The molecule has 0 radical (unpaired) electrons. The van der Waals surface area contributed by atoms with Gasteiger partial charge in [-0.3, -0.25) is 9.59 Å². The van der Waals surface area contributed by atoms with Crippen LogP contribution in [0.1, 0.15) is 22.5 Å². The van der Waals surface area contributed by atoms with Crippen LogP contribution in [0.15, 0.2) is 34.9 Å². The molecule has 1 amide bonds. The van der Waals surface area contributed by atoms with Crippen LogP contribution in [0.25, 0.3) is 0 Å². The number of thiophene rings is 1. The summed E-state index contributed by atoms with van der Waals surface area (Å²) in [5, 5.41) is 0. The summed E-state index contributed by atoms with van der Waals surface area (Å²) in [6.07, 6.45) is 2.24. The van der Waals surface area contributed by atoms with E-state index < -0.39 is 0 Å². The van der Waals surface area contributed by atoms with Gasteiger partial charge in [0.1, 0.15) is 5.82 Å². The number of pyridine rings is 1. The number of hydrogen-bond donors (Lipinski definition) is 0. The van der Waals surface area contributed by atoms with Gasteiger partial charge in [-0.25, -0.2) is 4.98 Å². The Kier molecular flexibility index (Phi) is 6.09. The zero-order valence-electron chi connectivity index (χ0n) is 13.5. The minimum Gasteiger partial charge on any atom is -0.353 e. The predicted molar refractivity (Wildman–Crippen MR) is 104 cm³/mol. The van der Waals surface area contributed by atoms with E-state index in [0.29, 0.717) is 22.3 Å². The van der Waals surface area contributed by atoms with Crippen molar-refractivity contribution >= 4 is 56.4 Å². The Hall–Kier alpha value is -1.44. The van der Waals surface area contributed by atoms with Crippen LogP contribution in [0.3, 0.4) is 0 Å². The van der Waals surface area contributed by atoms with Crippen LogP contribution < -0.4 is 4.90 Å². The number of amides is 1. The molecule has 2 aromatic heterocycles. The largest absolute Gasteiger partial charge is 0.353 e. The monoisotopic (exact) mass is 441 g/mol. The average Bonchev–Trinajstić information content (AvgIpc) is 3.07. The zero-order chi connectivity index (χ0) is 17.8. The van der Waals surface area contributed by atoms with E-state index in [9.17, 15) is 9.59 Å². The van der Waals surface area contributed by atoms with Crippen LogP contribution in [0.4, 0.5) is 5.82 Å². The van der Waals surface area contributed by atoms with Gasteiger partial charge in [-0.2, -0.15) is 0 Å². The Morgan fingerprint density at radius 2 is 1.88 bits per heavy atom. The normalized spacial score (nSPS) is 14.6. The van der Waals surface area contributed by atoms with Crippen LogP contribution in [0, 0.1) is 0 Å². The molecule has 0 saturated carbocycles. The fourth-order valence-electron chi connectivity index (χ4n) is 2.71. The van der Waals surface area contributed by atoms with Crippen LogP contribution in [0.2, 0.25) is 4.34 Å². The summed E-state index contributed by atoms with van der Waals surface area (Å²) in [5.74, 6) is 0.919. The highest BCUT2D eigenvalue weighted by Gasteiger charge is 2.22. The van der Waals surface area contributed by atoms with Gasteiger partial charge in [0.2, 0.25) is 5.91 Å². The third-order valence-corrected chi connectivity index (χ3v) is 5.82. The van der Waals surface area contributed by atoms with E-state index in [1.54, 1.807) is 18.3 Å². The topological polar surface area (TPSA) is 53.5 Å². The Balaban J connectivity index is 1.46. The highest BCUT2D eigenvalue weighted by atomic mass is 79.9. The highest BCUT2D eigenvalue weighted by Crippen LogP contribution is 2.23. The van der Waals surface area contributed by atoms with Crippen LogP contribution in [-0.4, -0.2) is 47.8 Å². The molecule has 1 fully saturated rings. The lowest BCUT2D eigenvalue weighted by atomic mass is 10.1. The Labute approximate surface area is 163 Å². The van der Waals surface area contributed by atoms with E-state index in [0.717, 1.165) is 23.4 Å². The molecule has 132 valence electrons. The zero-order valence-corrected chi connectivity index (χ0v) is 16.6. The third kappa shape index (κ3) is 4.80. The molecule has 0 spiro atoms. The Morgan fingerprint density at radius 3 is 2.48 bits per heavy atom. The molecular formula is C17H17BrClN3O2S. The van der Waals surface area contributed by atoms with Crippen molar-refractivity contribution in [3.63, 3.8) is 0 Å². The summed E-state index contributed by atoms with van der Waals surface area (Å²) in [5.41, 5.74) is 0. The van der Waals surface area contributed by atoms with Gasteiger partial charge in [0.05, 0.1) is 9.21 Å². The van der Waals surface area contributed by atoms with Gasteiger partial charge >= 0.3 is 0 Å². The maximum Gasteiger partial charge on any atom is 0.223 e. The number of Topliss-reactive ketones (excluding diaryl/α,β-unsaturated/α-hetero) is 1. The molecule has 0 bridgehead atoms. The molecule has 0 aliphatic carbocycles. The minimum absolute atomic E-state index is 0.0250. The first-order valence-corrected chi connectivity index (χ1v) is 9.94. The summed E-state index contributed by atoms with van der Waals surface area (Å²) >= 11 is 10.5. The Morgan fingerprint density at radius 1 is 1.12 bits per heavy atom. The molecule has 1 saturated heterocycles. The molecule has 3 rings (SSSR count). The van der Waals surface area contributed by atoms with E-state index in [2.05, 4.69) is 25.8 Å². The number of piperazine rings is 1. The first-order valence-electron chi connectivity index (χ1n) is 7.96. The number of halogens is 2. The van der Waals surface area contributed by atoms with Gasteiger partial charge < -0.3 is 9.80 Å². The lowest BCUT2D eigenvalue weighted by Gasteiger charge is -2.35. The van der Waals surface area contributed by atoms with E-state index in [-0.39, 0.29) is 24.5 Å². The second-order valence-corrected chi connectivity index (χ2v) is 8.36. The fourth-order valence-corrected chi connectivity index (χ4v) is 3.95. The average molecular weight is 443 g/mol. The van der Waals surface area contributed by atoms with E-state index in [1.807, 2.05) is 17.0 Å². The van der Waals surface area contributed by atoms with Crippen molar-refractivity contribution in [3.8, 4) is 0 Å². The quantitative estimate of drug-likeness (QED) is 0.660. The molecule has 25 heavy (non-hydrogen) atoms. The second-order valence-electron chi connectivity index (χ2n) is 5.73. The first kappa shape index (κ1) is 18.4. The van der Waals surface area contributed by atoms with Crippen LogP contribution >= 0.6 is 38.9 Å². The Bertz CT molecular complexity index is 758. The van der Waals surface area contributed by atoms with E-state index >= 15 is 0 Å². The molecule has 3 heterocycles. The third-order valence-electron chi connectivity index (χ3n) is 4.08. The van der Waals surface area contributed by atoms with Gasteiger partial charge in [-0.1, -0.05) is 11.6 Å². The molecule has 8 heteroatoms. The number of carbonyl (C=O) groups excluding carboxylic acids is 2. The molecule has 5 nitrogen and oxygen atoms in total. The van der Waals surface area contributed by atoms with E-state index in [4.69, 9.17) is 11.6 Å². The predicted octanol–water partition coefficient (Wildman–Crippen LogP) is 3.87. The number of rotatable bonds is 5. The van der Waals surface area contributed by atoms with Gasteiger partial charge in [0.15, 0.2) is 5.78 Å². The summed E-state index contributed by atoms with van der Waals surface area (Å²) < 4.78 is 1.54. The van der Waals surface area contributed by atoms with Crippen LogP contribution in [-0.2, 0) is 4.79 Å². The van der Waals surface area contributed by atoms with Gasteiger partial charge in [-0.15, -0.1) is 11.3 Å². The summed E-state index contributed by atoms with van der Waals surface area (Å²) in [6, 6.07) is 7.34. The van der Waals surface area contributed by atoms with Gasteiger partial charge in [-0.05, 0) is 40.2 Å². The maximum absolute atomic E-state index is 12.3. The summed E-state index contributed by atoms with van der Waals surface area (Å²) in [7, 11) is 0. The lowest BCUT2D eigenvalue weighted by molar-refractivity contribution is -0.131. The van der Waals surface area contributed by atoms with Crippen molar-refractivity contribution in [1.29, 1.82) is 0 Å². The lowest BCUT2D eigenvalue weighted by Crippen LogP contribution is -2.49. The molecule has 1 aliphatic heterocycles. The molecule has 0 atom stereocenters. The van der Waals surface area contributed by atoms with Crippen molar-refractivity contribution in [3.05, 3.63) is 44.1 Å². The SMILES string of the molecule is O=C(CCC(=O)N1CCN(c2ccc(Br)cn2)CC1)c1ccc(Cl)s1. The smallest absolute Gasteiger partial charge is 0.223 e. The molecule has 0 N–H and O–H groups in total. The second kappa shape index (κ2) is 8.29. The highest BCUT2D eigenvalue weighted by molar-refractivity contribution is 9.10. The number of nitrogens with zero attached hydrogens (tertiary/aromatic N) is 3. The molecule has 0 aromatic carbocycles. The van der Waals surface area contributed by atoms with Crippen LogP contribution in [0.5, 0.6) is 0 Å². The van der Waals surface area contributed by atoms with Gasteiger partial charge in [0, 0.05) is 49.7 Å². The van der Waals surface area contributed by atoms with Crippen molar-refractivity contribution in [2.45, 2.75) is 12.8 Å². The standard InChI is InChI=1S/C17H17BrClN3O2S/c18-12-1-5-16(20-11-12)21-7-9-22(10-8-21)17(24)6-2-13(23)14-3-4-15(19)25-14/h1,3-5,11H,2,6-10H2. The fraction of sp³-hybridized carbons (Fsp3) is 0.353. The van der Waals surface area contributed by atoms with Crippen molar-refractivity contribution < 1.29 is 9.59 Å². The molecule has 2 aromatic rings. The summed E-state index contributed by atoms with van der Waals surface area (Å²) in [6.45, 7) is 2.79. The van der Waals surface area contributed by atoms with Crippen molar-refractivity contribution in [2.75, 3.05) is 31.1 Å². The van der Waals surface area contributed by atoms with Crippen molar-refractivity contribution in [2.24, 2.45) is 0 Å². The molecular weight excluding hydrogens is 426 g/mol. The number of aromatic nitrogens is 1. The number of anilines is 1. The van der Waals surface area contributed by atoms with Crippen molar-refractivity contribution in [1.82, 2.24) is 9.88 Å². The minimum atomic E-state index is -0.0250. The maximum atomic E-state index is 12.3.